The van der Waals surface area contributed by atoms with Crippen LogP contribution in [0.25, 0.3) is 0 Å². The lowest BCUT2D eigenvalue weighted by atomic mass is 9.99. The zero-order valence-electron chi connectivity index (χ0n) is 16.7. The Bertz CT molecular complexity index is 833. The molecule has 5 heteroatoms. The summed E-state index contributed by atoms with van der Waals surface area (Å²) in [7, 11) is 0. The Kier molecular flexibility index (Phi) is 7.36. The van der Waals surface area contributed by atoms with E-state index in [0.29, 0.717) is 17.3 Å². The van der Waals surface area contributed by atoms with Gasteiger partial charge in [-0.25, -0.2) is 4.79 Å². The van der Waals surface area contributed by atoms with Gasteiger partial charge < -0.3 is 15.4 Å². The van der Waals surface area contributed by atoms with Crippen molar-refractivity contribution in [2.24, 2.45) is 0 Å². The highest BCUT2D eigenvalue weighted by Gasteiger charge is 2.13. The number of carbonyl (C=O) groups is 1. The molecule has 0 saturated carbocycles. The van der Waals surface area contributed by atoms with E-state index in [1.54, 1.807) is 13.0 Å². The number of esters is 1. The van der Waals surface area contributed by atoms with Crippen molar-refractivity contribution in [2.75, 3.05) is 11.9 Å². The molecule has 2 aromatic rings. The number of benzene rings is 2. The predicted molar refractivity (Wildman–Crippen MR) is 115 cm³/mol. The molecule has 2 N–H and O–H groups in total. The Hall–Kier alpha value is -2.40. The molecule has 4 nitrogen and oxygen atoms in total. The average molecular weight is 385 g/mol. The zero-order valence-corrected chi connectivity index (χ0v) is 17.5. The van der Waals surface area contributed by atoms with E-state index in [2.05, 4.69) is 49.6 Å². The van der Waals surface area contributed by atoms with Crippen LogP contribution in [0.4, 0.5) is 5.69 Å². The summed E-state index contributed by atoms with van der Waals surface area (Å²) in [5.41, 5.74) is 6.13. The van der Waals surface area contributed by atoms with Gasteiger partial charge in [-0.05, 0) is 86.8 Å². The van der Waals surface area contributed by atoms with E-state index in [1.807, 2.05) is 19.1 Å². The highest BCUT2D eigenvalue weighted by Crippen LogP contribution is 2.21. The van der Waals surface area contributed by atoms with Crippen LogP contribution >= 0.6 is 12.2 Å². The molecule has 0 spiro atoms. The van der Waals surface area contributed by atoms with Gasteiger partial charge in [-0.3, -0.25) is 0 Å². The molecule has 0 aromatic heterocycles. The van der Waals surface area contributed by atoms with Crippen LogP contribution in [0.15, 0.2) is 36.4 Å². The molecule has 1 atom stereocenters. The van der Waals surface area contributed by atoms with Crippen molar-refractivity contribution in [3.63, 3.8) is 0 Å². The summed E-state index contributed by atoms with van der Waals surface area (Å²) in [6, 6.07) is 12.0. The third-order valence-electron chi connectivity index (χ3n) is 4.63. The Morgan fingerprint density at radius 2 is 1.78 bits per heavy atom. The number of aryl methyl sites for hydroxylation is 3. The maximum Gasteiger partial charge on any atom is 0.338 e. The van der Waals surface area contributed by atoms with Crippen LogP contribution < -0.4 is 10.6 Å². The van der Waals surface area contributed by atoms with E-state index in [4.69, 9.17) is 17.0 Å². The number of carbonyl (C=O) groups excluding carboxylic acids is 1. The Labute approximate surface area is 167 Å². The van der Waals surface area contributed by atoms with Gasteiger partial charge in [-0.1, -0.05) is 25.1 Å². The standard InChI is InChI=1S/C22H28N2O2S/c1-6-19(17-9-8-14(3)15(4)12-17)23-22(27)24-20-11-10-18(13-16(20)5)21(25)26-7-2/h8-13,19H,6-7H2,1-5H3,(H2,23,24,27)/t19-/m1/s1. The van der Waals surface area contributed by atoms with Crippen molar-refractivity contribution >= 4 is 29.0 Å². The van der Waals surface area contributed by atoms with Crippen molar-refractivity contribution < 1.29 is 9.53 Å². The normalized spacial score (nSPS) is 11.6. The Balaban J connectivity index is 2.07. The summed E-state index contributed by atoms with van der Waals surface area (Å²) in [5.74, 6) is -0.311. The van der Waals surface area contributed by atoms with Crippen LogP contribution in [0.5, 0.6) is 0 Å². The third kappa shape index (κ3) is 5.54. The predicted octanol–water partition coefficient (Wildman–Crippen LogP) is 5.23. The van der Waals surface area contributed by atoms with Gasteiger partial charge in [0.05, 0.1) is 18.2 Å². The highest BCUT2D eigenvalue weighted by molar-refractivity contribution is 7.80. The number of rotatable bonds is 6. The Morgan fingerprint density at radius 1 is 1.04 bits per heavy atom. The lowest BCUT2D eigenvalue weighted by Crippen LogP contribution is -2.32. The van der Waals surface area contributed by atoms with Gasteiger partial charge in [0.15, 0.2) is 5.11 Å². The highest BCUT2D eigenvalue weighted by atomic mass is 32.1. The van der Waals surface area contributed by atoms with Gasteiger partial charge in [-0.2, -0.15) is 0 Å². The maximum atomic E-state index is 11.8. The fourth-order valence-corrected chi connectivity index (χ4v) is 3.12. The number of thiocarbonyl (C=S) groups is 1. The molecule has 27 heavy (non-hydrogen) atoms. The average Bonchev–Trinajstić information content (AvgIpc) is 2.64. The fraction of sp³-hybridized carbons (Fsp3) is 0.364. The molecular formula is C22H28N2O2S. The van der Waals surface area contributed by atoms with Crippen molar-refractivity contribution in [1.82, 2.24) is 5.32 Å². The lowest BCUT2D eigenvalue weighted by Gasteiger charge is -2.21. The molecule has 0 aliphatic rings. The first-order chi connectivity index (χ1) is 12.8. The maximum absolute atomic E-state index is 11.8. The molecule has 144 valence electrons. The second-order valence-corrected chi connectivity index (χ2v) is 7.06. The van der Waals surface area contributed by atoms with Crippen LogP contribution in [0.1, 0.15) is 58.9 Å². The van der Waals surface area contributed by atoms with Gasteiger partial charge in [-0.15, -0.1) is 0 Å². The second-order valence-electron chi connectivity index (χ2n) is 6.65. The minimum absolute atomic E-state index is 0.142. The van der Waals surface area contributed by atoms with Crippen molar-refractivity contribution in [3.8, 4) is 0 Å². The van der Waals surface area contributed by atoms with E-state index < -0.39 is 0 Å². The smallest absolute Gasteiger partial charge is 0.338 e. The number of hydrogen-bond donors (Lipinski definition) is 2. The molecule has 0 bridgehead atoms. The topological polar surface area (TPSA) is 50.4 Å². The van der Waals surface area contributed by atoms with Gasteiger partial charge in [0.25, 0.3) is 0 Å². The first-order valence-corrected chi connectivity index (χ1v) is 9.69. The molecule has 0 unspecified atom stereocenters. The minimum atomic E-state index is -0.311. The second kappa shape index (κ2) is 9.51. The monoisotopic (exact) mass is 384 g/mol. The fourth-order valence-electron chi connectivity index (χ4n) is 2.86. The largest absolute Gasteiger partial charge is 0.462 e. The van der Waals surface area contributed by atoms with Crippen LogP contribution in [0, 0.1) is 20.8 Å². The molecular weight excluding hydrogens is 356 g/mol. The Morgan fingerprint density at radius 3 is 2.37 bits per heavy atom. The van der Waals surface area contributed by atoms with Gasteiger partial charge >= 0.3 is 5.97 Å². The molecule has 2 rings (SSSR count). The molecule has 0 heterocycles. The number of anilines is 1. The summed E-state index contributed by atoms with van der Waals surface area (Å²) >= 11 is 5.51. The number of hydrogen-bond acceptors (Lipinski definition) is 3. The summed E-state index contributed by atoms with van der Waals surface area (Å²) in [4.78, 5) is 11.8. The van der Waals surface area contributed by atoms with Crippen LogP contribution in [-0.2, 0) is 4.74 Å². The molecule has 0 fully saturated rings. The van der Waals surface area contributed by atoms with Gasteiger partial charge in [0.2, 0.25) is 0 Å². The van der Waals surface area contributed by atoms with Crippen LogP contribution in [0.2, 0.25) is 0 Å². The molecule has 0 aliphatic heterocycles. The molecule has 0 radical (unpaired) electrons. The molecule has 0 amide bonds. The van der Waals surface area contributed by atoms with Crippen molar-refractivity contribution in [2.45, 2.75) is 47.1 Å². The number of nitrogens with one attached hydrogen (secondary N) is 2. The first kappa shape index (κ1) is 20.9. The van der Waals surface area contributed by atoms with Gasteiger partial charge in [0, 0.05) is 5.69 Å². The summed E-state index contributed by atoms with van der Waals surface area (Å²) in [6.07, 6.45) is 0.922. The molecule has 0 aliphatic carbocycles. The minimum Gasteiger partial charge on any atom is -0.462 e. The SMILES string of the molecule is CCOC(=O)c1ccc(NC(=S)N[C@H](CC)c2ccc(C)c(C)c2)c(C)c1. The van der Waals surface area contributed by atoms with Crippen molar-refractivity contribution in [3.05, 3.63) is 64.2 Å². The lowest BCUT2D eigenvalue weighted by molar-refractivity contribution is 0.0526. The van der Waals surface area contributed by atoms with Crippen LogP contribution in [0.3, 0.4) is 0 Å². The van der Waals surface area contributed by atoms with E-state index in [-0.39, 0.29) is 12.0 Å². The van der Waals surface area contributed by atoms with Gasteiger partial charge in [0.1, 0.15) is 0 Å². The first-order valence-electron chi connectivity index (χ1n) is 9.28. The van der Waals surface area contributed by atoms with Crippen LogP contribution in [-0.4, -0.2) is 17.7 Å². The zero-order chi connectivity index (χ0) is 20.0. The van der Waals surface area contributed by atoms with E-state index in [9.17, 15) is 4.79 Å². The number of ether oxygens (including phenoxy) is 1. The molecule has 2 aromatic carbocycles. The summed E-state index contributed by atoms with van der Waals surface area (Å²) in [5, 5.41) is 7.19. The summed E-state index contributed by atoms with van der Waals surface area (Å²) in [6.45, 7) is 10.5. The third-order valence-corrected chi connectivity index (χ3v) is 4.85. The molecule has 0 saturated heterocycles. The van der Waals surface area contributed by atoms with E-state index in [0.717, 1.165) is 17.7 Å². The summed E-state index contributed by atoms with van der Waals surface area (Å²) < 4.78 is 5.04. The van der Waals surface area contributed by atoms with E-state index in [1.165, 1.54) is 16.7 Å². The van der Waals surface area contributed by atoms with Crippen molar-refractivity contribution in [1.29, 1.82) is 0 Å². The quantitative estimate of drug-likeness (QED) is 0.528. The van der Waals surface area contributed by atoms with E-state index >= 15 is 0 Å².